The Morgan fingerprint density at radius 2 is 1.49 bits per heavy atom. The van der Waals surface area contributed by atoms with Gasteiger partial charge in [0.25, 0.3) is 0 Å². The van der Waals surface area contributed by atoms with Crippen molar-refractivity contribution in [3.8, 4) is 0 Å². The number of carboxylic acid groups (broad SMARTS) is 1. The molecule has 2 aliphatic rings. The largest absolute Gasteiger partial charge is 0.480 e. The second kappa shape index (κ2) is 24.3. The van der Waals surface area contributed by atoms with Crippen LogP contribution < -0.4 is 48.3 Å². The third-order valence-corrected chi connectivity index (χ3v) is 11.5. The zero-order valence-corrected chi connectivity index (χ0v) is 38.1. The Morgan fingerprint density at radius 1 is 0.841 bits per heavy atom. The van der Waals surface area contributed by atoms with E-state index in [1.807, 2.05) is 0 Å². The number of aromatic nitrogens is 1. The van der Waals surface area contributed by atoms with Gasteiger partial charge in [-0.2, -0.15) is 0 Å². The van der Waals surface area contributed by atoms with Gasteiger partial charge >= 0.3 is 5.97 Å². The Hall–Kier alpha value is -6.99. The van der Waals surface area contributed by atoms with Crippen molar-refractivity contribution in [2.45, 2.75) is 120 Å². The number of carbonyl (C=O) groups is 9. The minimum absolute atomic E-state index is 0.0162. The third kappa shape index (κ3) is 14.8. The molecule has 2 fully saturated rings. The highest BCUT2D eigenvalue weighted by molar-refractivity contribution is 5.99. The number of para-hydroxylation sites is 1. The minimum Gasteiger partial charge on any atom is -0.480 e. The highest BCUT2D eigenvalue weighted by Crippen LogP contribution is 2.22. The fourth-order valence-corrected chi connectivity index (χ4v) is 7.89. The van der Waals surface area contributed by atoms with Crippen LogP contribution in [0.4, 0.5) is 0 Å². The van der Waals surface area contributed by atoms with Gasteiger partial charge in [0, 0.05) is 43.4 Å². The number of hydrogen-bond acceptors (Lipinski definition) is 14. The van der Waals surface area contributed by atoms with Crippen molar-refractivity contribution in [2.75, 3.05) is 13.2 Å². The lowest BCUT2D eigenvalue weighted by molar-refractivity contribution is -0.203. The second-order valence-electron chi connectivity index (χ2n) is 17.4. The summed E-state index contributed by atoms with van der Waals surface area (Å²) in [7, 11) is 0. The van der Waals surface area contributed by atoms with Crippen molar-refractivity contribution in [3.05, 3.63) is 71.9 Å². The van der Waals surface area contributed by atoms with E-state index >= 15 is 0 Å². The predicted octanol–water partition coefficient (Wildman–Crippen LogP) is -4.20. The average molecular weight is 965 g/mol. The summed E-state index contributed by atoms with van der Waals surface area (Å²) in [5.74, 6) is -9.08. The molecule has 374 valence electrons. The molecule has 11 atom stereocenters. The van der Waals surface area contributed by atoms with Crippen LogP contribution in [0.3, 0.4) is 0 Å². The smallest absolute Gasteiger partial charge is 0.326 e. The summed E-state index contributed by atoms with van der Waals surface area (Å²) in [6, 6.07) is 4.81. The molecular formula is C45H60N10O14. The molecule has 2 aliphatic heterocycles. The molecule has 0 spiro atoms. The lowest BCUT2D eigenvalue weighted by atomic mass is 9.95. The van der Waals surface area contributed by atoms with Gasteiger partial charge in [0.2, 0.25) is 47.3 Å². The number of aliphatic hydroxyl groups excluding tert-OH is 3. The van der Waals surface area contributed by atoms with Crippen molar-refractivity contribution < 1.29 is 68.3 Å². The summed E-state index contributed by atoms with van der Waals surface area (Å²) in [5.41, 5.74) is 7.98. The maximum atomic E-state index is 14.5. The van der Waals surface area contributed by atoms with E-state index in [1.54, 1.807) is 74.6 Å². The maximum Gasteiger partial charge on any atom is 0.326 e. The number of aromatic amines is 1. The molecule has 2 aromatic carbocycles. The van der Waals surface area contributed by atoms with E-state index < -0.39 is 146 Å². The van der Waals surface area contributed by atoms with E-state index in [9.17, 15) is 63.6 Å². The summed E-state index contributed by atoms with van der Waals surface area (Å²) in [4.78, 5) is 124. The van der Waals surface area contributed by atoms with E-state index in [4.69, 9.17) is 10.5 Å². The number of H-pyrrole nitrogens is 1. The fourth-order valence-electron chi connectivity index (χ4n) is 7.89. The molecule has 1 aromatic heterocycles. The molecule has 5 rings (SSSR count). The molecule has 3 aromatic rings. The van der Waals surface area contributed by atoms with Gasteiger partial charge in [0.05, 0.1) is 25.5 Å². The molecule has 0 radical (unpaired) electrons. The van der Waals surface area contributed by atoms with Crippen LogP contribution in [0.1, 0.15) is 51.2 Å². The van der Waals surface area contributed by atoms with Crippen LogP contribution in [0.5, 0.6) is 0 Å². The van der Waals surface area contributed by atoms with E-state index in [1.165, 1.54) is 0 Å². The minimum atomic E-state index is -1.80. The van der Waals surface area contributed by atoms with Crippen LogP contribution in [0, 0.1) is 5.92 Å². The normalized spacial score (nSPS) is 25.7. The lowest BCUT2D eigenvalue weighted by Crippen LogP contribution is -2.68. The van der Waals surface area contributed by atoms with Gasteiger partial charge in [0.15, 0.2) is 6.23 Å². The molecule has 0 bridgehead atoms. The number of aliphatic carboxylic acids is 1. The van der Waals surface area contributed by atoms with Gasteiger partial charge in [0.1, 0.15) is 54.6 Å². The summed E-state index contributed by atoms with van der Waals surface area (Å²) >= 11 is 0. The number of ether oxygens (including phenoxy) is 1. The van der Waals surface area contributed by atoms with Crippen molar-refractivity contribution in [2.24, 2.45) is 11.7 Å². The summed E-state index contributed by atoms with van der Waals surface area (Å²) in [5, 5.41) is 60.9. The van der Waals surface area contributed by atoms with Gasteiger partial charge in [-0.25, -0.2) is 4.79 Å². The number of rotatable bonds is 16. The van der Waals surface area contributed by atoms with Crippen LogP contribution in [-0.4, -0.2) is 159 Å². The number of nitrogens with two attached hydrogens (primary N) is 1. The molecule has 8 amide bonds. The number of carbonyl (C=O) groups excluding carboxylic acids is 8. The topological polar surface area (TPSA) is 382 Å². The maximum absolute atomic E-state index is 14.5. The van der Waals surface area contributed by atoms with E-state index in [2.05, 4.69) is 47.5 Å². The highest BCUT2D eigenvalue weighted by atomic mass is 16.5. The Labute approximate surface area is 395 Å². The fraction of sp³-hybridized carbons (Fsp3) is 0.489. The number of amides is 8. The van der Waals surface area contributed by atoms with E-state index in [0.29, 0.717) is 22.0 Å². The standard InChI is InChI=1S/C45H60N10O14/c1-21(2)13-31(45(67)68)53-43(66)32-19-48-34(58)17-30(50-39(62)26(46)16-35(59)55-44-36(49-22(3)57)38(61)37(60)33(20-56)69-44)42(65)52-29(15-24-18-47-27-12-8-7-11-25(24)27)41(64)51-28(40(63)54-32)14-23-9-5-4-6-10-23/h4-12,18,21,26,28-33,36-38,44,47,56,60-61H,13-17,19-20,46H2,1-3H3,(H,48,58)(H,49,57)(H,50,62)(H,51,64)(H,52,65)(H,53,66)(H,54,63)(H,55,59)(H,67,68)/t26-,28?,29-,30-,31-,32?,33+,36+,37+,38+,44+/m0/s1. The summed E-state index contributed by atoms with van der Waals surface area (Å²) < 4.78 is 5.51. The molecular weight excluding hydrogens is 905 g/mol. The quantitative estimate of drug-likeness (QED) is 0.0648. The van der Waals surface area contributed by atoms with E-state index in [-0.39, 0.29) is 25.2 Å². The van der Waals surface area contributed by atoms with Gasteiger partial charge in [-0.15, -0.1) is 0 Å². The molecule has 24 nitrogen and oxygen atoms in total. The first-order valence-electron chi connectivity index (χ1n) is 22.3. The van der Waals surface area contributed by atoms with E-state index in [0.717, 1.165) is 6.92 Å². The highest BCUT2D eigenvalue weighted by Gasteiger charge is 2.45. The molecule has 0 saturated carbocycles. The van der Waals surface area contributed by atoms with Crippen molar-refractivity contribution >= 4 is 64.1 Å². The number of fused-ring (bicyclic) bond motifs is 1. The second-order valence-corrected chi connectivity index (χ2v) is 17.4. The molecule has 2 saturated heterocycles. The van der Waals surface area contributed by atoms with Crippen LogP contribution in [-0.2, 0) is 60.7 Å². The molecule has 15 N–H and O–H groups in total. The Bertz CT molecular complexity index is 2350. The molecule has 24 heteroatoms. The predicted molar refractivity (Wildman–Crippen MR) is 243 cm³/mol. The van der Waals surface area contributed by atoms with Gasteiger partial charge in [-0.1, -0.05) is 62.4 Å². The van der Waals surface area contributed by atoms with Crippen molar-refractivity contribution in [1.82, 2.24) is 47.5 Å². The van der Waals surface area contributed by atoms with Crippen LogP contribution in [0.25, 0.3) is 10.9 Å². The Kier molecular flexibility index (Phi) is 18.7. The molecule has 3 heterocycles. The lowest BCUT2D eigenvalue weighted by Gasteiger charge is -2.42. The number of benzene rings is 2. The first-order chi connectivity index (χ1) is 32.7. The number of aliphatic hydroxyl groups is 3. The third-order valence-electron chi connectivity index (χ3n) is 11.5. The Morgan fingerprint density at radius 3 is 2.16 bits per heavy atom. The number of hydrogen-bond donors (Lipinski definition) is 14. The molecule has 69 heavy (non-hydrogen) atoms. The SMILES string of the molecule is CC(=O)N[C@@H]1[C@@H](O)[C@H](O)[C@@H](CO)O[C@H]1NC(=O)C[C@H](N)C(=O)N[C@H]1CC(=O)NCC(C(=O)N[C@@H](CC(C)C)C(=O)O)NC(=O)C(Cc2ccccc2)NC(=O)[C@H](Cc2c[nH]c3ccccc23)NC1=O. The Balaban J connectivity index is 1.44. The summed E-state index contributed by atoms with van der Waals surface area (Å²) in [6.07, 6.45) is -6.57. The monoisotopic (exact) mass is 964 g/mol. The van der Waals surface area contributed by atoms with Gasteiger partial charge in [-0.05, 0) is 29.5 Å². The average Bonchev–Trinajstić information content (AvgIpc) is 3.71. The zero-order valence-electron chi connectivity index (χ0n) is 38.1. The molecule has 2 unspecified atom stereocenters. The van der Waals surface area contributed by atoms with Gasteiger partial charge < -0.3 is 78.4 Å². The van der Waals surface area contributed by atoms with Crippen LogP contribution in [0.2, 0.25) is 0 Å². The first-order valence-corrected chi connectivity index (χ1v) is 22.3. The van der Waals surface area contributed by atoms with Crippen molar-refractivity contribution in [1.29, 1.82) is 0 Å². The van der Waals surface area contributed by atoms with Gasteiger partial charge in [-0.3, -0.25) is 38.4 Å². The zero-order chi connectivity index (χ0) is 50.5. The first kappa shape index (κ1) is 53.0. The van der Waals surface area contributed by atoms with Crippen LogP contribution >= 0.6 is 0 Å². The summed E-state index contributed by atoms with van der Waals surface area (Å²) in [6.45, 7) is 3.17. The number of nitrogens with one attached hydrogen (secondary N) is 9. The van der Waals surface area contributed by atoms with Crippen molar-refractivity contribution in [3.63, 3.8) is 0 Å². The number of carboxylic acids is 1. The van der Waals surface area contributed by atoms with Crippen LogP contribution in [0.15, 0.2) is 60.8 Å². The molecule has 0 aliphatic carbocycles.